The van der Waals surface area contributed by atoms with Crippen molar-refractivity contribution in [3.05, 3.63) is 58.1 Å². The van der Waals surface area contributed by atoms with E-state index in [9.17, 15) is 4.79 Å². The third-order valence-electron chi connectivity index (χ3n) is 4.58. The van der Waals surface area contributed by atoms with Crippen LogP contribution in [0.1, 0.15) is 36.8 Å². The average Bonchev–Trinajstić information content (AvgIpc) is 3.25. The second-order valence-electron chi connectivity index (χ2n) is 6.63. The molecule has 2 heterocycles. The predicted octanol–water partition coefficient (Wildman–Crippen LogP) is 4.26. The van der Waals surface area contributed by atoms with Crippen LogP contribution in [0.15, 0.2) is 41.1 Å². The molecule has 8 heteroatoms. The van der Waals surface area contributed by atoms with E-state index in [1.54, 1.807) is 21.8 Å². The molecule has 148 valence electrons. The Kier molecular flexibility index (Phi) is 6.18. The molecule has 0 spiro atoms. The molecule has 1 amide bonds. The van der Waals surface area contributed by atoms with Crippen LogP contribution in [0.3, 0.4) is 0 Å². The van der Waals surface area contributed by atoms with Gasteiger partial charge in [0, 0.05) is 0 Å². The summed E-state index contributed by atoms with van der Waals surface area (Å²) in [5, 5.41) is 11.5. The van der Waals surface area contributed by atoms with Crippen molar-refractivity contribution in [1.29, 1.82) is 0 Å². The zero-order chi connectivity index (χ0) is 20.3. The molecule has 1 N–H and O–H groups in total. The third kappa shape index (κ3) is 4.44. The van der Waals surface area contributed by atoms with E-state index in [-0.39, 0.29) is 12.6 Å². The highest BCUT2D eigenvalue weighted by Crippen LogP contribution is 2.23. The van der Waals surface area contributed by atoms with Gasteiger partial charge < -0.3 is 10.1 Å². The Bertz CT molecular complexity index is 962. The molecule has 0 radical (unpaired) electrons. The molecule has 7 nitrogen and oxygen atoms in total. The van der Waals surface area contributed by atoms with Crippen molar-refractivity contribution in [1.82, 2.24) is 19.6 Å². The summed E-state index contributed by atoms with van der Waals surface area (Å²) < 4.78 is 9.99. The Morgan fingerprint density at radius 1 is 1.29 bits per heavy atom. The summed E-state index contributed by atoms with van der Waals surface area (Å²) in [7, 11) is 0. The highest BCUT2D eigenvalue weighted by Gasteiger charge is 2.20. The fourth-order valence-electron chi connectivity index (χ4n) is 2.84. The van der Waals surface area contributed by atoms with Crippen molar-refractivity contribution >= 4 is 27.5 Å². The fourth-order valence-corrected chi connectivity index (χ4v) is 3.10. The van der Waals surface area contributed by atoms with Crippen LogP contribution in [0.25, 0.3) is 0 Å². The largest absolute Gasteiger partial charge is 0.471 e. The molecule has 2 aromatic heterocycles. The smallest absolute Gasteiger partial charge is 0.249 e. The highest BCUT2D eigenvalue weighted by molar-refractivity contribution is 9.10. The first-order valence-electron chi connectivity index (χ1n) is 9.15. The molecular formula is C20H24BrN5O2. The normalized spacial score (nSPS) is 12.0. The number of halogens is 1. The Labute approximate surface area is 172 Å². The van der Waals surface area contributed by atoms with E-state index < -0.39 is 6.04 Å². The zero-order valence-electron chi connectivity index (χ0n) is 16.4. The van der Waals surface area contributed by atoms with Crippen LogP contribution in [0.5, 0.6) is 5.75 Å². The van der Waals surface area contributed by atoms with Crippen LogP contribution < -0.4 is 10.1 Å². The van der Waals surface area contributed by atoms with E-state index in [1.165, 1.54) is 5.56 Å². The number of nitrogens with zero attached hydrogens (tertiary/aromatic N) is 4. The maximum absolute atomic E-state index is 12.6. The van der Waals surface area contributed by atoms with Crippen LogP contribution >= 0.6 is 15.9 Å². The lowest BCUT2D eigenvalue weighted by Crippen LogP contribution is -2.25. The van der Waals surface area contributed by atoms with Gasteiger partial charge >= 0.3 is 0 Å². The van der Waals surface area contributed by atoms with Crippen molar-refractivity contribution in [2.75, 3.05) is 5.32 Å². The molecule has 0 bridgehead atoms. The number of carbonyl (C=O) groups excluding carboxylic acids is 1. The Morgan fingerprint density at radius 2 is 2.00 bits per heavy atom. The van der Waals surface area contributed by atoms with Gasteiger partial charge in [0.15, 0.2) is 6.73 Å². The molecule has 0 saturated heterocycles. The maximum Gasteiger partial charge on any atom is 0.249 e. The lowest BCUT2D eigenvalue weighted by Gasteiger charge is -2.13. The maximum atomic E-state index is 12.6. The first-order chi connectivity index (χ1) is 13.4. The molecule has 0 aliphatic heterocycles. The van der Waals surface area contributed by atoms with Gasteiger partial charge in [-0.25, -0.2) is 4.68 Å². The second-order valence-corrected chi connectivity index (χ2v) is 7.43. The second kappa shape index (κ2) is 8.60. The summed E-state index contributed by atoms with van der Waals surface area (Å²) in [6.07, 6.45) is 4.34. The van der Waals surface area contributed by atoms with Gasteiger partial charge in [0.05, 0.1) is 33.9 Å². The molecule has 28 heavy (non-hydrogen) atoms. The Morgan fingerprint density at radius 3 is 2.61 bits per heavy atom. The van der Waals surface area contributed by atoms with Crippen LogP contribution in [0.4, 0.5) is 5.69 Å². The van der Waals surface area contributed by atoms with Gasteiger partial charge in [-0.1, -0.05) is 19.1 Å². The van der Waals surface area contributed by atoms with Gasteiger partial charge in [0.2, 0.25) is 5.91 Å². The standard InChI is InChI=1S/C20H24BrN5O2/c1-5-16-6-8-18(9-7-16)28-12-25-11-17(10-22-25)23-20(27)15(4)26-14(3)19(21)13(2)24-26/h6-11,15H,5,12H2,1-4H3,(H,23,27). The molecule has 3 rings (SSSR count). The van der Waals surface area contributed by atoms with Crippen LogP contribution in [-0.2, 0) is 17.9 Å². The van der Waals surface area contributed by atoms with E-state index in [0.717, 1.165) is 28.0 Å². The number of hydrogen-bond donors (Lipinski definition) is 1. The van der Waals surface area contributed by atoms with E-state index in [0.29, 0.717) is 5.69 Å². The van der Waals surface area contributed by atoms with Crippen molar-refractivity contribution < 1.29 is 9.53 Å². The predicted molar refractivity (Wildman–Crippen MR) is 111 cm³/mol. The minimum atomic E-state index is -0.443. The average molecular weight is 446 g/mol. The number of ether oxygens (including phenoxy) is 1. The molecule has 0 aliphatic rings. The number of aromatic nitrogens is 4. The first-order valence-corrected chi connectivity index (χ1v) is 9.94. The zero-order valence-corrected chi connectivity index (χ0v) is 18.0. The molecule has 0 fully saturated rings. The van der Waals surface area contributed by atoms with Gasteiger partial charge in [0.25, 0.3) is 0 Å². The number of rotatable bonds is 7. The number of anilines is 1. The number of nitrogens with one attached hydrogen (secondary N) is 1. The quantitative estimate of drug-likeness (QED) is 0.589. The summed E-state index contributed by atoms with van der Waals surface area (Å²) in [6.45, 7) is 8.02. The van der Waals surface area contributed by atoms with Gasteiger partial charge in [-0.15, -0.1) is 0 Å². The van der Waals surface area contributed by atoms with Gasteiger partial charge in [-0.2, -0.15) is 10.2 Å². The SMILES string of the molecule is CCc1ccc(OCn2cc(NC(=O)C(C)n3nc(C)c(Br)c3C)cn2)cc1. The summed E-state index contributed by atoms with van der Waals surface area (Å²) in [6, 6.07) is 7.53. The molecule has 3 aromatic rings. The lowest BCUT2D eigenvalue weighted by atomic mass is 10.2. The number of aryl methyl sites for hydroxylation is 2. The van der Waals surface area contributed by atoms with E-state index >= 15 is 0 Å². The van der Waals surface area contributed by atoms with Gasteiger partial charge in [-0.3, -0.25) is 9.48 Å². The molecule has 1 aromatic carbocycles. The number of hydrogen-bond acceptors (Lipinski definition) is 4. The molecule has 1 unspecified atom stereocenters. The van der Waals surface area contributed by atoms with Crippen molar-refractivity contribution in [2.24, 2.45) is 0 Å². The third-order valence-corrected chi connectivity index (χ3v) is 5.73. The topological polar surface area (TPSA) is 74.0 Å². The van der Waals surface area contributed by atoms with Crippen molar-refractivity contribution in [3.8, 4) is 5.75 Å². The first kappa shape index (κ1) is 20.1. The molecule has 1 atom stereocenters. The monoisotopic (exact) mass is 445 g/mol. The Hall–Kier alpha value is -2.61. The minimum absolute atomic E-state index is 0.159. The summed E-state index contributed by atoms with van der Waals surface area (Å²) in [4.78, 5) is 12.6. The van der Waals surface area contributed by atoms with Crippen LogP contribution in [0, 0.1) is 13.8 Å². The molecule has 0 saturated carbocycles. The summed E-state index contributed by atoms with van der Waals surface area (Å²) in [5.41, 5.74) is 3.65. The van der Waals surface area contributed by atoms with Gasteiger partial charge in [-0.05, 0) is 60.8 Å². The van der Waals surface area contributed by atoms with E-state index in [2.05, 4.69) is 38.4 Å². The van der Waals surface area contributed by atoms with Gasteiger partial charge in [0.1, 0.15) is 11.8 Å². The fraction of sp³-hybridized carbons (Fsp3) is 0.350. The molecular weight excluding hydrogens is 422 g/mol. The van der Waals surface area contributed by atoms with E-state index in [4.69, 9.17) is 4.74 Å². The van der Waals surface area contributed by atoms with Crippen molar-refractivity contribution in [3.63, 3.8) is 0 Å². The highest BCUT2D eigenvalue weighted by atomic mass is 79.9. The van der Waals surface area contributed by atoms with Crippen molar-refractivity contribution in [2.45, 2.75) is 46.9 Å². The summed E-state index contributed by atoms with van der Waals surface area (Å²) in [5.74, 6) is 0.621. The number of carbonyl (C=O) groups is 1. The Balaban J connectivity index is 1.58. The lowest BCUT2D eigenvalue weighted by molar-refractivity contribution is -0.119. The summed E-state index contributed by atoms with van der Waals surface area (Å²) >= 11 is 3.49. The number of amides is 1. The number of benzene rings is 1. The van der Waals surface area contributed by atoms with E-state index in [1.807, 2.05) is 45.0 Å². The minimum Gasteiger partial charge on any atom is -0.471 e. The van der Waals surface area contributed by atoms with Crippen LogP contribution in [0.2, 0.25) is 0 Å². The van der Waals surface area contributed by atoms with Crippen LogP contribution in [-0.4, -0.2) is 25.5 Å². The molecule has 0 aliphatic carbocycles.